The van der Waals surface area contributed by atoms with Crippen LogP contribution in [0.5, 0.6) is 5.75 Å². The van der Waals surface area contributed by atoms with Crippen LogP contribution < -0.4 is 10.1 Å². The van der Waals surface area contributed by atoms with E-state index < -0.39 is 24.6 Å². The zero-order valence-corrected chi connectivity index (χ0v) is 15.5. The molecule has 0 fully saturated rings. The molecular formula is C16H13F4IN4O. The summed E-state index contributed by atoms with van der Waals surface area (Å²) in [5, 5.41) is 7.16. The summed E-state index contributed by atoms with van der Waals surface area (Å²) in [6.07, 6.45) is -1.12. The number of anilines is 1. The molecule has 1 aromatic carbocycles. The lowest BCUT2D eigenvalue weighted by Crippen LogP contribution is -2.20. The van der Waals surface area contributed by atoms with Crippen LogP contribution in [0.1, 0.15) is 18.5 Å². The van der Waals surface area contributed by atoms with Crippen LogP contribution in [0.3, 0.4) is 0 Å². The second kappa shape index (κ2) is 7.25. The molecule has 0 radical (unpaired) electrons. The number of benzene rings is 1. The normalized spacial score (nSPS) is 13.0. The van der Waals surface area contributed by atoms with E-state index in [1.54, 1.807) is 29.9 Å². The number of hydrogen-bond donors (Lipinski definition) is 1. The van der Waals surface area contributed by atoms with E-state index in [1.807, 2.05) is 0 Å². The summed E-state index contributed by atoms with van der Waals surface area (Å²) >= 11 is 2.09. The van der Waals surface area contributed by atoms with Gasteiger partial charge < -0.3 is 10.1 Å². The van der Waals surface area contributed by atoms with Crippen LogP contribution in [0, 0.1) is 9.39 Å². The van der Waals surface area contributed by atoms with E-state index >= 15 is 0 Å². The maximum absolute atomic E-state index is 13.6. The van der Waals surface area contributed by atoms with Gasteiger partial charge in [0.25, 0.3) is 0 Å². The van der Waals surface area contributed by atoms with Gasteiger partial charge in [0.1, 0.15) is 17.4 Å². The van der Waals surface area contributed by atoms with Crippen molar-refractivity contribution in [1.29, 1.82) is 0 Å². The van der Waals surface area contributed by atoms with Gasteiger partial charge in [-0.15, -0.1) is 0 Å². The number of nitrogens with zero attached hydrogens (tertiary/aromatic N) is 3. The van der Waals surface area contributed by atoms with Crippen LogP contribution in [0.25, 0.3) is 5.65 Å². The molecule has 3 rings (SSSR count). The Bertz CT molecular complexity index is 928. The van der Waals surface area contributed by atoms with Crippen LogP contribution in [0.4, 0.5) is 23.4 Å². The van der Waals surface area contributed by atoms with Crippen LogP contribution in [0.15, 0.2) is 36.7 Å². The van der Waals surface area contributed by atoms with Crippen LogP contribution >= 0.6 is 22.6 Å². The lowest BCUT2D eigenvalue weighted by molar-refractivity contribution is -0.153. The zero-order chi connectivity index (χ0) is 18.9. The standard InChI is InChI=1S/C16H13F4IN4O/c1-9(23-14-4-5-25-15(24-14)12(21)7-22-25)11-6-10(17)2-3-13(11)26-8-16(18,19)20/h2-7,9H,8H2,1H3,(H,23,24)/t9-/m1/s1. The van der Waals surface area contributed by atoms with Gasteiger partial charge in [-0.3, -0.25) is 0 Å². The second-order valence-corrected chi connectivity index (χ2v) is 6.69. The molecule has 0 aliphatic rings. The van der Waals surface area contributed by atoms with Crippen molar-refractivity contribution in [3.63, 3.8) is 0 Å². The summed E-state index contributed by atoms with van der Waals surface area (Å²) in [6, 6.07) is 4.52. The number of nitrogens with one attached hydrogen (secondary N) is 1. The molecule has 0 spiro atoms. The molecule has 0 aliphatic carbocycles. The molecule has 0 bridgehead atoms. The quantitative estimate of drug-likeness (QED) is 0.429. The molecule has 1 atom stereocenters. The Hall–Kier alpha value is -2.11. The van der Waals surface area contributed by atoms with E-state index in [0.717, 1.165) is 15.7 Å². The molecular weight excluding hydrogens is 467 g/mol. The lowest BCUT2D eigenvalue weighted by atomic mass is 10.1. The molecule has 2 aromatic heterocycles. The third kappa shape index (κ3) is 4.34. The molecule has 10 heteroatoms. The van der Waals surface area contributed by atoms with Gasteiger partial charge in [-0.05, 0) is 53.8 Å². The molecule has 0 amide bonds. The SMILES string of the molecule is C[C@@H](Nc1ccn2ncc(I)c2n1)c1cc(F)ccc1OCC(F)(F)F. The number of aromatic nitrogens is 3. The van der Waals surface area contributed by atoms with Crippen molar-refractivity contribution >= 4 is 34.1 Å². The van der Waals surface area contributed by atoms with Crippen molar-refractivity contribution in [3.05, 3.63) is 51.6 Å². The monoisotopic (exact) mass is 480 g/mol. The predicted molar refractivity (Wildman–Crippen MR) is 95.7 cm³/mol. The highest BCUT2D eigenvalue weighted by molar-refractivity contribution is 14.1. The summed E-state index contributed by atoms with van der Waals surface area (Å²) in [5.74, 6) is -0.125. The third-order valence-corrected chi connectivity index (χ3v) is 4.28. The Morgan fingerprint density at radius 3 is 2.81 bits per heavy atom. The number of fused-ring (bicyclic) bond motifs is 1. The minimum atomic E-state index is -4.48. The predicted octanol–water partition coefficient (Wildman–Crippen LogP) is 4.59. The maximum Gasteiger partial charge on any atom is 0.422 e. The lowest BCUT2D eigenvalue weighted by Gasteiger charge is -2.19. The molecule has 5 nitrogen and oxygen atoms in total. The van der Waals surface area contributed by atoms with E-state index in [-0.39, 0.29) is 11.3 Å². The van der Waals surface area contributed by atoms with Gasteiger partial charge in [0, 0.05) is 11.8 Å². The summed E-state index contributed by atoms with van der Waals surface area (Å²) < 4.78 is 58.1. The minimum absolute atomic E-state index is 0.0382. The first-order valence-corrected chi connectivity index (χ1v) is 8.56. The number of ether oxygens (including phenoxy) is 1. The van der Waals surface area contributed by atoms with Crippen molar-refractivity contribution < 1.29 is 22.3 Å². The van der Waals surface area contributed by atoms with Gasteiger partial charge in [-0.1, -0.05) is 0 Å². The van der Waals surface area contributed by atoms with E-state index in [4.69, 9.17) is 4.74 Å². The third-order valence-electron chi connectivity index (χ3n) is 3.52. The van der Waals surface area contributed by atoms with E-state index in [2.05, 4.69) is 38.0 Å². The Kier molecular flexibility index (Phi) is 5.21. The van der Waals surface area contributed by atoms with Gasteiger partial charge in [-0.2, -0.15) is 18.3 Å². The molecule has 26 heavy (non-hydrogen) atoms. The van der Waals surface area contributed by atoms with Gasteiger partial charge >= 0.3 is 6.18 Å². The fraction of sp³-hybridized carbons (Fsp3) is 0.250. The first-order valence-electron chi connectivity index (χ1n) is 7.48. The summed E-state index contributed by atoms with van der Waals surface area (Å²) in [6.45, 7) is 0.235. The first-order chi connectivity index (χ1) is 12.2. The minimum Gasteiger partial charge on any atom is -0.484 e. The zero-order valence-electron chi connectivity index (χ0n) is 13.4. The van der Waals surface area contributed by atoms with Gasteiger partial charge in [0.15, 0.2) is 12.3 Å². The molecule has 0 saturated carbocycles. The van der Waals surface area contributed by atoms with E-state index in [0.29, 0.717) is 11.5 Å². The van der Waals surface area contributed by atoms with Crippen LogP contribution in [0.2, 0.25) is 0 Å². The molecule has 0 unspecified atom stereocenters. The molecule has 3 aromatic rings. The summed E-state index contributed by atoms with van der Waals surface area (Å²) in [7, 11) is 0. The Morgan fingerprint density at radius 2 is 2.08 bits per heavy atom. The van der Waals surface area contributed by atoms with Gasteiger partial charge in [0.2, 0.25) is 0 Å². The highest BCUT2D eigenvalue weighted by atomic mass is 127. The number of halogens is 5. The Balaban J connectivity index is 1.84. The number of rotatable bonds is 5. The highest BCUT2D eigenvalue weighted by Crippen LogP contribution is 2.30. The summed E-state index contributed by atoms with van der Waals surface area (Å²) in [5.41, 5.74) is 0.898. The Morgan fingerprint density at radius 1 is 1.31 bits per heavy atom. The van der Waals surface area contributed by atoms with Crippen molar-refractivity contribution in [1.82, 2.24) is 14.6 Å². The largest absolute Gasteiger partial charge is 0.484 e. The molecule has 0 saturated heterocycles. The first kappa shape index (κ1) is 18.7. The summed E-state index contributed by atoms with van der Waals surface area (Å²) in [4.78, 5) is 4.40. The topological polar surface area (TPSA) is 51.5 Å². The fourth-order valence-electron chi connectivity index (χ4n) is 2.37. The Labute approximate surface area is 159 Å². The van der Waals surface area contributed by atoms with E-state index in [9.17, 15) is 17.6 Å². The molecule has 2 heterocycles. The number of alkyl halides is 3. The average molecular weight is 480 g/mol. The maximum atomic E-state index is 13.6. The van der Waals surface area contributed by atoms with Crippen molar-refractivity contribution in [2.45, 2.75) is 19.1 Å². The fourth-order valence-corrected chi connectivity index (χ4v) is 2.86. The highest BCUT2D eigenvalue weighted by Gasteiger charge is 2.29. The van der Waals surface area contributed by atoms with E-state index in [1.165, 1.54) is 6.07 Å². The van der Waals surface area contributed by atoms with Crippen molar-refractivity contribution in [2.75, 3.05) is 11.9 Å². The van der Waals surface area contributed by atoms with Crippen LogP contribution in [-0.2, 0) is 0 Å². The van der Waals surface area contributed by atoms with Crippen molar-refractivity contribution in [2.24, 2.45) is 0 Å². The van der Waals surface area contributed by atoms with Crippen LogP contribution in [-0.4, -0.2) is 27.4 Å². The molecule has 0 aliphatic heterocycles. The second-order valence-electron chi connectivity index (χ2n) is 5.53. The molecule has 1 N–H and O–H groups in total. The average Bonchev–Trinajstić information content (AvgIpc) is 2.93. The van der Waals surface area contributed by atoms with Gasteiger partial charge in [0.05, 0.1) is 15.8 Å². The number of hydrogen-bond acceptors (Lipinski definition) is 4. The van der Waals surface area contributed by atoms with Gasteiger partial charge in [-0.25, -0.2) is 13.9 Å². The molecule has 138 valence electrons. The smallest absolute Gasteiger partial charge is 0.422 e. The van der Waals surface area contributed by atoms with Crippen molar-refractivity contribution in [3.8, 4) is 5.75 Å².